The minimum Gasteiger partial charge on any atom is -0.344 e. The van der Waals surface area contributed by atoms with Crippen molar-refractivity contribution in [2.24, 2.45) is 0 Å². The van der Waals surface area contributed by atoms with Crippen molar-refractivity contribution >= 4 is 17.2 Å². The number of thiazole rings is 1. The Morgan fingerprint density at radius 1 is 1.18 bits per heavy atom. The van der Waals surface area contributed by atoms with Crippen molar-refractivity contribution in [3.8, 4) is 16.9 Å². The third-order valence-corrected chi connectivity index (χ3v) is 5.23. The predicted molar refractivity (Wildman–Crippen MR) is 110 cm³/mol. The maximum Gasteiger partial charge on any atom is 0.270 e. The number of rotatable bonds is 5. The van der Waals surface area contributed by atoms with Crippen LogP contribution in [0.2, 0.25) is 0 Å². The number of nitrogens with zero attached hydrogens (tertiary/aromatic N) is 4. The number of hydrogen-bond donors (Lipinski definition) is 1. The van der Waals surface area contributed by atoms with E-state index in [0.29, 0.717) is 5.69 Å². The Labute approximate surface area is 166 Å². The standard InChI is InChI=1S/C21H19N5OS/c1-14(16-3-5-17(6-4-16)20-12-28-15(2)25-20)24-21(27)19-8-7-18(11-23-19)26-10-9-22-13-26/h3-14H,1-2H3,(H,24,27). The van der Waals surface area contributed by atoms with Crippen molar-refractivity contribution in [1.29, 1.82) is 0 Å². The molecular weight excluding hydrogens is 370 g/mol. The summed E-state index contributed by atoms with van der Waals surface area (Å²) in [4.78, 5) is 25.3. The van der Waals surface area contributed by atoms with Gasteiger partial charge in [-0.05, 0) is 31.5 Å². The van der Waals surface area contributed by atoms with Crippen LogP contribution >= 0.6 is 11.3 Å². The Morgan fingerprint density at radius 2 is 2.00 bits per heavy atom. The molecule has 3 heterocycles. The number of aryl methyl sites for hydroxylation is 1. The number of carbonyl (C=O) groups excluding carboxylic acids is 1. The summed E-state index contributed by atoms with van der Waals surface area (Å²) in [6.07, 6.45) is 6.87. The van der Waals surface area contributed by atoms with Crippen LogP contribution in [0.5, 0.6) is 0 Å². The molecule has 1 N–H and O–H groups in total. The summed E-state index contributed by atoms with van der Waals surface area (Å²) in [6, 6.07) is 11.5. The molecule has 0 aliphatic heterocycles. The van der Waals surface area contributed by atoms with Crippen LogP contribution in [0.4, 0.5) is 0 Å². The van der Waals surface area contributed by atoms with E-state index in [9.17, 15) is 4.79 Å². The fourth-order valence-electron chi connectivity index (χ4n) is 2.88. The lowest BCUT2D eigenvalue weighted by molar-refractivity contribution is 0.0935. The summed E-state index contributed by atoms with van der Waals surface area (Å²) in [7, 11) is 0. The first kappa shape index (κ1) is 18.1. The van der Waals surface area contributed by atoms with Crippen molar-refractivity contribution in [3.05, 3.63) is 83.0 Å². The van der Waals surface area contributed by atoms with Crippen LogP contribution in [-0.2, 0) is 0 Å². The number of aromatic nitrogens is 4. The Morgan fingerprint density at radius 3 is 2.61 bits per heavy atom. The van der Waals surface area contributed by atoms with Crippen LogP contribution in [0, 0.1) is 6.92 Å². The van der Waals surface area contributed by atoms with Crippen LogP contribution in [-0.4, -0.2) is 25.4 Å². The monoisotopic (exact) mass is 389 g/mol. The second-order valence-corrected chi connectivity index (χ2v) is 7.50. The normalized spacial score (nSPS) is 11.9. The molecule has 3 aromatic heterocycles. The quantitative estimate of drug-likeness (QED) is 0.555. The summed E-state index contributed by atoms with van der Waals surface area (Å²) >= 11 is 1.64. The molecule has 0 saturated carbocycles. The van der Waals surface area contributed by atoms with Gasteiger partial charge in [-0.2, -0.15) is 0 Å². The zero-order valence-corrected chi connectivity index (χ0v) is 16.4. The van der Waals surface area contributed by atoms with E-state index in [1.54, 1.807) is 36.1 Å². The molecule has 0 radical (unpaired) electrons. The van der Waals surface area contributed by atoms with Gasteiger partial charge in [0.25, 0.3) is 5.91 Å². The molecule has 0 saturated heterocycles. The number of carbonyl (C=O) groups is 1. The molecule has 0 bridgehead atoms. The molecule has 0 aliphatic carbocycles. The average Bonchev–Trinajstić information content (AvgIpc) is 3.40. The highest BCUT2D eigenvalue weighted by molar-refractivity contribution is 7.09. The van der Waals surface area contributed by atoms with Crippen molar-refractivity contribution in [1.82, 2.24) is 24.8 Å². The first-order chi connectivity index (χ1) is 13.6. The molecule has 1 unspecified atom stereocenters. The lowest BCUT2D eigenvalue weighted by Gasteiger charge is -2.14. The van der Waals surface area contributed by atoms with Gasteiger partial charge in [0.05, 0.1) is 35.0 Å². The van der Waals surface area contributed by atoms with E-state index in [1.807, 2.05) is 54.9 Å². The van der Waals surface area contributed by atoms with Gasteiger partial charge in [0.2, 0.25) is 0 Å². The molecule has 4 aromatic rings. The van der Waals surface area contributed by atoms with E-state index in [0.717, 1.165) is 27.5 Å². The highest BCUT2D eigenvalue weighted by Gasteiger charge is 2.13. The lowest BCUT2D eigenvalue weighted by atomic mass is 10.0. The van der Waals surface area contributed by atoms with Crippen molar-refractivity contribution in [3.63, 3.8) is 0 Å². The summed E-state index contributed by atoms with van der Waals surface area (Å²) in [5.41, 5.74) is 4.32. The summed E-state index contributed by atoms with van der Waals surface area (Å²) in [6.45, 7) is 3.95. The maximum absolute atomic E-state index is 12.5. The van der Waals surface area contributed by atoms with E-state index >= 15 is 0 Å². The molecule has 28 heavy (non-hydrogen) atoms. The molecule has 140 valence electrons. The maximum atomic E-state index is 12.5. The summed E-state index contributed by atoms with van der Waals surface area (Å²) < 4.78 is 1.84. The lowest BCUT2D eigenvalue weighted by Crippen LogP contribution is -2.27. The first-order valence-electron chi connectivity index (χ1n) is 8.88. The minimum absolute atomic E-state index is 0.131. The van der Waals surface area contributed by atoms with Crippen molar-refractivity contribution in [2.75, 3.05) is 0 Å². The van der Waals surface area contributed by atoms with Crippen LogP contribution in [0.15, 0.2) is 66.7 Å². The molecule has 4 rings (SSSR count). The van der Waals surface area contributed by atoms with Crippen LogP contribution in [0.1, 0.15) is 34.0 Å². The van der Waals surface area contributed by atoms with Crippen LogP contribution in [0.25, 0.3) is 16.9 Å². The molecule has 6 nitrogen and oxygen atoms in total. The van der Waals surface area contributed by atoms with Crippen LogP contribution < -0.4 is 5.32 Å². The third kappa shape index (κ3) is 3.84. The summed E-state index contributed by atoms with van der Waals surface area (Å²) in [5.74, 6) is -0.205. The fourth-order valence-corrected chi connectivity index (χ4v) is 3.50. The van der Waals surface area contributed by atoms with Gasteiger partial charge in [0, 0.05) is 23.3 Å². The highest BCUT2D eigenvalue weighted by Crippen LogP contribution is 2.23. The number of nitrogens with one attached hydrogen (secondary N) is 1. The largest absolute Gasteiger partial charge is 0.344 e. The molecule has 1 aromatic carbocycles. The number of hydrogen-bond acceptors (Lipinski definition) is 5. The molecule has 0 spiro atoms. The van der Waals surface area contributed by atoms with Gasteiger partial charge in [-0.15, -0.1) is 11.3 Å². The zero-order chi connectivity index (χ0) is 19.5. The predicted octanol–water partition coefficient (Wildman–Crippen LogP) is 4.19. The molecule has 1 atom stereocenters. The van der Waals surface area contributed by atoms with Gasteiger partial charge in [-0.1, -0.05) is 24.3 Å². The summed E-state index contributed by atoms with van der Waals surface area (Å²) in [5, 5.41) is 6.09. The molecule has 1 amide bonds. The zero-order valence-electron chi connectivity index (χ0n) is 15.5. The molecule has 0 fully saturated rings. The van der Waals surface area contributed by atoms with Crippen molar-refractivity contribution in [2.45, 2.75) is 19.9 Å². The topological polar surface area (TPSA) is 72.7 Å². The Kier molecular flexibility index (Phi) is 4.99. The van der Waals surface area contributed by atoms with E-state index in [4.69, 9.17) is 0 Å². The Hall–Kier alpha value is -3.32. The highest BCUT2D eigenvalue weighted by atomic mass is 32.1. The van der Waals surface area contributed by atoms with E-state index in [-0.39, 0.29) is 11.9 Å². The second kappa shape index (κ2) is 7.74. The van der Waals surface area contributed by atoms with E-state index in [1.165, 1.54) is 0 Å². The SMILES string of the molecule is Cc1nc(-c2ccc(C(C)NC(=O)c3ccc(-n4ccnc4)cn3)cc2)cs1. The number of imidazole rings is 1. The number of amides is 1. The fraction of sp³-hybridized carbons (Fsp3) is 0.143. The van der Waals surface area contributed by atoms with Gasteiger partial charge in [0.1, 0.15) is 5.69 Å². The van der Waals surface area contributed by atoms with Gasteiger partial charge < -0.3 is 9.88 Å². The Balaban J connectivity index is 1.42. The second-order valence-electron chi connectivity index (χ2n) is 6.44. The van der Waals surface area contributed by atoms with Gasteiger partial charge >= 0.3 is 0 Å². The molecular formula is C21H19N5OS. The average molecular weight is 389 g/mol. The van der Waals surface area contributed by atoms with Crippen molar-refractivity contribution < 1.29 is 4.79 Å². The Bertz CT molecular complexity index is 1070. The molecule has 7 heteroatoms. The number of benzene rings is 1. The number of pyridine rings is 1. The smallest absolute Gasteiger partial charge is 0.270 e. The first-order valence-corrected chi connectivity index (χ1v) is 9.76. The minimum atomic E-state index is -0.205. The molecule has 0 aliphatic rings. The van der Waals surface area contributed by atoms with Gasteiger partial charge in [-0.3, -0.25) is 4.79 Å². The van der Waals surface area contributed by atoms with Gasteiger partial charge in [-0.25, -0.2) is 15.0 Å². The van der Waals surface area contributed by atoms with Crippen LogP contribution in [0.3, 0.4) is 0 Å². The van der Waals surface area contributed by atoms with E-state index in [2.05, 4.69) is 25.6 Å². The van der Waals surface area contributed by atoms with Gasteiger partial charge in [0.15, 0.2) is 0 Å². The van der Waals surface area contributed by atoms with E-state index < -0.39 is 0 Å². The third-order valence-electron chi connectivity index (χ3n) is 4.46.